The van der Waals surface area contributed by atoms with Crippen LogP contribution in [-0.4, -0.2) is 0 Å². The van der Waals surface area contributed by atoms with Crippen molar-refractivity contribution in [2.75, 3.05) is 0 Å². The van der Waals surface area contributed by atoms with Gasteiger partial charge in [-0.3, -0.25) is 0 Å². The van der Waals surface area contributed by atoms with Crippen LogP contribution in [0.5, 0.6) is 0 Å². The van der Waals surface area contributed by atoms with Crippen LogP contribution >= 0.6 is 11.6 Å². The van der Waals surface area contributed by atoms with E-state index in [4.69, 9.17) is 11.6 Å². The first-order chi connectivity index (χ1) is 8.39. The highest BCUT2D eigenvalue weighted by atomic mass is 35.5. The standard InChI is InChI=1S/C17H19Cl/c1-12-8-10-13(11-9-12)16-14(17(2,3)4)6-5-7-15(16)18/h5-11H,1-4H3. The minimum absolute atomic E-state index is 0.0884. The molecule has 94 valence electrons. The molecular weight excluding hydrogens is 240 g/mol. The largest absolute Gasteiger partial charge is 0.0837 e. The molecular formula is C17H19Cl. The summed E-state index contributed by atoms with van der Waals surface area (Å²) in [5, 5.41) is 0.825. The molecule has 2 aromatic rings. The molecule has 1 heteroatoms. The molecule has 2 aromatic carbocycles. The van der Waals surface area contributed by atoms with Crippen molar-refractivity contribution in [2.24, 2.45) is 0 Å². The molecule has 0 spiro atoms. The monoisotopic (exact) mass is 258 g/mol. The molecule has 0 aliphatic heterocycles. The Morgan fingerprint density at radius 1 is 0.889 bits per heavy atom. The maximum atomic E-state index is 6.41. The van der Waals surface area contributed by atoms with Crippen molar-refractivity contribution in [3.63, 3.8) is 0 Å². The van der Waals surface area contributed by atoms with Crippen LogP contribution in [0.1, 0.15) is 31.9 Å². The van der Waals surface area contributed by atoms with Gasteiger partial charge in [0.2, 0.25) is 0 Å². The minimum atomic E-state index is 0.0884. The predicted molar refractivity (Wildman–Crippen MR) is 80.3 cm³/mol. The summed E-state index contributed by atoms with van der Waals surface area (Å²) in [7, 11) is 0. The van der Waals surface area contributed by atoms with Crippen LogP contribution in [0.2, 0.25) is 5.02 Å². The Kier molecular flexibility index (Phi) is 3.49. The summed E-state index contributed by atoms with van der Waals surface area (Å²) in [5.41, 5.74) is 5.00. The summed E-state index contributed by atoms with van der Waals surface area (Å²) in [6, 6.07) is 14.7. The second kappa shape index (κ2) is 4.78. The van der Waals surface area contributed by atoms with Crippen LogP contribution in [0.25, 0.3) is 11.1 Å². The smallest absolute Gasteiger partial charge is 0.0487 e. The second-order valence-electron chi connectivity index (χ2n) is 5.78. The topological polar surface area (TPSA) is 0 Å². The van der Waals surface area contributed by atoms with Gasteiger partial charge in [0, 0.05) is 10.6 Å². The van der Waals surface area contributed by atoms with Crippen molar-refractivity contribution in [3.8, 4) is 11.1 Å². The molecule has 0 amide bonds. The van der Waals surface area contributed by atoms with Crippen LogP contribution in [0.3, 0.4) is 0 Å². The van der Waals surface area contributed by atoms with E-state index in [1.54, 1.807) is 0 Å². The third-order valence-corrected chi connectivity index (χ3v) is 3.48. The molecule has 0 nitrogen and oxygen atoms in total. The van der Waals surface area contributed by atoms with Gasteiger partial charge in [-0.05, 0) is 29.5 Å². The third kappa shape index (κ3) is 2.59. The lowest BCUT2D eigenvalue weighted by Crippen LogP contribution is -2.12. The zero-order valence-corrected chi connectivity index (χ0v) is 12.2. The Balaban J connectivity index is 2.66. The first-order valence-electron chi connectivity index (χ1n) is 6.25. The lowest BCUT2D eigenvalue weighted by molar-refractivity contribution is 0.592. The average molecular weight is 259 g/mol. The van der Waals surface area contributed by atoms with Gasteiger partial charge in [-0.2, -0.15) is 0 Å². The van der Waals surface area contributed by atoms with Crippen LogP contribution in [0.15, 0.2) is 42.5 Å². The fraction of sp³-hybridized carbons (Fsp3) is 0.294. The summed E-state index contributed by atoms with van der Waals surface area (Å²) < 4.78 is 0. The normalized spacial score (nSPS) is 11.6. The number of hydrogen-bond acceptors (Lipinski definition) is 0. The molecule has 2 rings (SSSR count). The number of hydrogen-bond donors (Lipinski definition) is 0. The molecule has 0 saturated heterocycles. The van der Waals surface area contributed by atoms with Gasteiger partial charge in [-0.15, -0.1) is 0 Å². The van der Waals surface area contributed by atoms with Crippen molar-refractivity contribution < 1.29 is 0 Å². The van der Waals surface area contributed by atoms with Crippen molar-refractivity contribution in [2.45, 2.75) is 33.1 Å². The van der Waals surface area contributed by atoms with Crippen molar-refractivity contribution in [1.82, 2.24) is 0 Å². The van der Waals surface area contributed by atoms with Crippen LogP contribution < -0.4 is 0 Å². The van der Waals surface area contributed by atoms with Gasteiger partial charge < -0.3 is 0 Å². The van der Waals surface area contributed by atoms with Crippen molar-refractivity contribution in [3.05, 3.63) is 58.6 Å². The van der Waals surface area contributed by atoms with E-state index in [1.165, 1.54) is 16.7 Å². The fourth-order valence-electron chi connectivity index (χ4n) is 2.16. The maximum absolute atomic E-state index is 6.41. The Labute approximate surface area is 115 Å². The van der Waals surface area contributed by atoms with Gasteiger partial charge in [-0.25, -0.2) is 0 Å². The van der Waals surface area contributed by atoms with E-state index in [2.05, 4.69) is 58.0 Å². The highest BCUT2D eigenvalue weighted by Gasteiger charge is 2.20. The number of aryl methyl sites for hydroxylation is 1. The Bertz CT molecular complexity index is 545. The van der Waals surface area contributed by atoms with E-state index >= 15 is 0 Å². The first-order valence-corrected chi connectivity index (χ1v) is 6.63. The maximum Gasteiger partial charge on any atom is 0.0487 e. The summed E-state index contributed by atoms with van der Waals surface area (Å²) >= 11 is 6.41. The molecule has 18 heavy (non-hydrogen) atoms. The Hall–Kier alpha value is -1.27. The molecule has 0 aliphatic rings. The van der Waals surface area contributed by atoms with Gasteiger partial charge in [0.15, 0.2) is 0 Å². The molecule has 0 aromatic heterocycles. The molecule has 0 saturated carbocycles. The van der Waals surface area contributed by atoms with Gasteiger partial charge in [0.05, 0.1) is 0 Å². The lowest BCUT2D eigenvalue weighted by Gasteiger charge is -2.24. The molecule has 0 fully saturated rings. The summed E-state index contributed by atoms with van der Waals surface area (Å²) in [6.07, 6.45) is 0. The van der Waals surface area contributed by atoms with E-state index < -0.39 is 0 Å². The summed E-state index contributed by atoms with van der Waals surface area (Å²) in [4.78, 5) is 0. The Morgan fingerprint density at radius 2 is 1.50 bits per heavy atom. The zero-order chi connectivity index (χ0) is 13.3. The quantitative estimate of drug-likeness (QED) is 0.623. The zero-order valence-electron chi connectivity index (χ0n) is 11.4. The molecule has 0 unspecified atom stereocenters. The average Bonchev–Trinajstić information content (AvgIpc) is 2.29. The first kappa shape index (κ1) is 13.2. The number of halogens is 1. The molecule has 0 radical (unpaired) electrons. The second-order valence-corrected chi connectivity index (χ2v) is 6.19. The fourth-order valence-corrected chi connectivity index (χ4v) is 2.45. The highest BCUT2D eigenvalue weighted by molar-refractivity contribution is 6.33. The molecule has 0 bridgehead atoms. The van der Waals surface area contributed by atoms with Gasteiger partial charge in [0.1, 0.15) is 0 Å². The van der Waals surface area contributed by atoms with E-state index in [9.17, 15) is 0 Å². The van der Waals surface area contributed by atoms with Crippen molar-refractivity contribution in [1.29, 1.82) is 0 Å². The number of rotatable bonds is 1. The van der Waals surface area contributed by atoms with E-state index in [-0.39, 0.29) is 5.41 Å². The Morgan fingerprint density at radius 3 is 2.06 bits per heavy atom. The summed E-state index contributed by atoms with van der Waals surface area (Å²) in [5.74, 6) is 0. The molecule has 0 heterocycles. The van der Waals surface area contributed by atoms with Gasteiger partial charge >= 0.3 is 0 Å². The third-order valence-electron chi connectivity index (χ3n) is 3.16. The summed E-state index contributed by atoms with van der Waals surface area (Å²) in [6.45, 7) is 8.75. The molecule has 0 atom stereocenters. The SMILES string of the molecule is Cc1ccc(-c2c(Cl)cccc2C(C)(C)C)cc1. The van der Waals surface area contributed by atoms with E-state index in [1.807, 2.05) is 12.1 Å². The number of benzene rings is 2. The van der Waals surface area contributed by atoms with E-state index in [0.29, 0.717) is 0 Å². The van der Waals surface area contributed by atoms with Gasteiger partial charge in [-0.1, -0.05) is 74.3 Å². The van der Waals surface area contributed by atoms with Crippen molar-refractivity contribution >= 4 is 11.6 Å². The molecule has 0 aliphatic carbocycles. The van der Waals surface area contributed by atoms with Crippen LogP contribution in [0, 0.1) is 6.92 Å². The predicted octanol–water partition coefficient (Wildman–Crippen LogP) is 5.61. The van der Waals surface area contributed by atoms with Gasteiger partial charge in [0.25, 0.3) is 0 Å². The minimum Gasteiger partial charge on any atom is -0.0837 e. The highest BCUT2D eigenvalue weighted by Crippen LogP contribution is 2.37. The van der Waals surface area contributed by atoms with Crippen LogP contribution in [-0.2, 0) is 5.41 Å². The lowest BCUT2D eigenvalue weighted by atomic mass is 9.82. The van der Waals surface area contributed by atoms with Crippen LogP contribution in [0.4, 0.5) is 0 Å². The molecule has 0 N–H and O–H groups in total. The van der Waals surface area contributed by atoms with E-state index in [0.717, 1.165) is 10.6 Å².